The molecular weight excluding hydrogens is 372 g/mol. The molecule has 4 rings (SSSR count). The number of rotatable bonds is 5. The van der Waals surface area contributed by atoms with Crippen molar-refractivity contribution in [3.8, 4) is 0 Å². The molecule has 12 atom stereocenters. The van der Waals surface area contributed by atoms with Crippen molar-refractivity contribution in [1.82, 2.24) is 0 Å². The molecule has 4 fully saturated rings. The quantitative estimate of drug-likeness (QED) is 0.542. The first-order valence-electron chi connectivity index (χ1n) is 13.8. The molecular formula is C27H46O3. The van der Waals surface area contributed by atoms with Crippen LogP contribution in [0.1, 0.15) is 102 Å². The fraction of sp³-hybridized carbons (Fsp3) is 0.963. The van der Waals surface area contributed by atoms with Crippen molar-refractivity contribution in [3.05, 3.63) is 0 Å². The molecule has 0 aromatic carbocycles. The summed E-state index contributed by atoms with van der Waals surface area (Å²) < 4.78 is 18.1. The van der Waals surface area contributed by atoms with Crippen molar-refractivity contribution in [2.24, 2.45) is 58.2 Å². The van der Waals surface area contributed by atoms with Gasteiger partial charge < -0.3 is 10.2 Å². The highest BCUT2D eigenvalue weighted by Crippen LogP contribution is 2.69. The summed E-state index contributed by atoms with van der Waals surface area (Å²) in [7, 11) is 0. The molecule has 0 aromatic rings. The van der Waals surface area contributed by atoms with E-state index in [1.165, 1.54) is 12.8 Å². The lowest BCUT2D eigenvalue weighted by atomic mass is 9.41. The molecule has 5 unspecified atom stereocenters. The molecule has 3 nitrogen and oxygen atoms in total. The summed E-state index contributed by atoms with van der Waals surface area (Å²) in [4.78, 5) is 11.2. The third-order valence-electron chi connectivity index (χ3n) is 10.8. The lowest BCUT2D eigenvalue weighted by molar-refractivity contribution is -0.198. The number of hydrogen-bond acceptors (Lipinski definition) is 2. The monoisotopic (exact) mass is 420 g/mol. The Morgan fingerprint density at radius 2 is 1.80 bits per heavy atom. The lowest BCUT2D eigenvalue weighted by Gasteiger charge is -2.65. The zero-order valence-corrected chi connectivity index (χ0v) is 19.9. The van der Waals surface area contributed by atoms with E-state index in [0.29, 0.717) is 36.0 Å². The van der Waals surface area contributed by atoms with Crippen molar-refractivity contribution in [2.45, 2.75) is 105 Å². The van der Waals surface area contributed by atoms with E-state index in [-0.39, 0.29) is 35.0 Å². The maximum atomic E-state index is 12.0. The van der Waals surface area contributed by atoms with Gasteiger partial charge in [-0.15, -0.1) is 0 Å². The molecule has 3 heteroatoms. The molecule has 0 heterocycles. The molecule has 4 saturated carbocycles. The van der Waals surface area contributed by atoms with E-state index in [1.807, 2.05) is 6.92 Å². The summed E-state index contributed by atoms with van der Waals surface area (Å²) in [6.07, 6.45) is 6.73. The molecule has 0 aliphatic heterocycles. The van der Waals surface area contributed by atoms with E-state index in [9.17, 15) is 16.4 Å². The standard InChI is InChI=1S/C27H46O3/c1-6-18-22-15-16(2)11-13-27(22,5)21-12-14-26(4)19(17(3)7-10-23(28)29)8-9-20(26)24(21)25(18)30/h16-22,24-25,30H,6-15H2,1-5H3,(H,28,29)/t16-,17-,18-,19-,20?,21?,22+,24?,25?,26-,27-/m1/s1/i6D,25D/t6?,16-,17-,18-,19-,20?,21?,22+,24?,25?,26-,27-. The van der Waals surface area contributed by atoms with E-state index in [4.69, 9.17) is 1.37 Å². The number of carboxylic acid groups (broad SMARTS) is 1. The zero-order chi connectivity index (χ0) is 23.6. The summed E-state index contributed by atoms with van der Waals surface area (Å²) in [5.74, 6) is 1.29. The van der Waals surface area contributed by atoms with Gasteiger partial charge in [-0.3, -0.25) is 4.79 Å². The van der Waals surface area contributed by atoms with Crippen LogP contribution in [0, 0.1) is 58.2 Å². The van der Waals surface area contributed by atoms with Gasteiger partial charge in [-0.05, 0) is 103 Å². The van der Waals surface area contributed by atoms with Crippen LogP contribution in [0.25, 0.3) is 0 Å². The second-order valence-corrected chi connectivity index (χ2v) is 12.2. The smallest absolute Gasteiger partial charge is 0.303 e. The SMILES string of the molecule is [2H]C(C)[C@@H]1[C@@H]2C[C@H](C)CC[C@]2(C)C2CC[C@@]3(C)C(CC[C@@H]3[C@H](C)CCC(=O)O)C2C1([2H])O. The fourth-order valence-electron chi connectivity index (χ4n) is 9.23. The van der Waals surface area contributed by atoms with Gasteiger partial charge in [-0.1, -0.05) is 47.4 Å². The summed E-state index contributed by atoms with van der Waals surface area (Å²) in [5.41, 5.74) is 0.188. The van der Waals surface area contributed by atoms with Gasteiger partial charge in [0.05, 0.1) is 7.45 Å². The maximum Gasteiger partial charge on any atom is 0.303 e. The number of fused-ring (bicyclic) bond motifs is 5. The molecule has 0 radical (unpaired) electrons. The first kappa shape index (κ1) is 20.1. The van der Waals surface area contributed by atoms with E-state index in [0.717, 1.165) is 32.1 Å². The molecule has 0 aromatic heterocycles. The molecule has 4 aliphatic rings. The summed E-state index contributed by atoms with van der Waals surface area (Å²) in [6.45, 7) is 11.2. The van der Waals surface area contributed by atoms with Gasteiger partial charge >= 0.3 is 5.97 Å². The molecule has 0 bridgehead atoms. The van der Waals surface area contributed by atoms with E-state index >= 15 is 0 Å². The Balaban J connectivity index is 1.69. The number of hydrogen-bond donors (Lipinski definition) is 2. The van der Waals surface area contributed by atoms with Gasteiger partial charge in [-0.25, -0.2) is 0 Å². The fourth-order valence-corrected chi connectivity index (χ4v) is 9.23. The van der Waals surface area contributed by atoms with Crippen molar-refractivity contribution < 1.29 is 17.7 Å². The van der Waals surface area contributed by atoms with Crippen LogP contribution in [-0.2, 0) is 4.79 Å². The number of aliphatic hydroxyl groups is 1. The largest absolute Gasteiger partial charge is 0.481 e. The Labute approximate surface area is 187 Å². The number of aliphatic carboxylic acids is 1. The van der Waals surface area contributed by atoms with Gasteiger partial charge in [0.2, 0.25) is 0 Å². The summed E-state index contributed by atoms with van der Waals surface area (Å²) in [5, 5.41) is 21.2. The van der Waals surface area contributed by atoms with Gasteiger partial charge in [0.1, 0.15) is 0 Å². The highest BCUT2D eigenvalue weighted by Gasteiger charge is 2.64. The molecule has 2 N–H and O–H groups in total. The predicted octanol–water partition coefficient (Wildman–Crippen LogP) is 6.39. The van der Waals surface area contributed by atoms with Crippen molar-refractivity contribution >= 4 is 5.97 Å². The molecule has 30 heavy (non-hydrogen) atoms. The lowest BCUT2D eigenvalue weighted by Crippen LogP contribution is -2.61. The highest BCUT2D eigenvalue weighted by molar-refractivity contribution is 5.66. The summed E-state index contributed by atoms with van der Waals surface area (Å²) >= 11 is 0. The van der Waals surface area contributed by atoms with Crippen LogP contribution >= 0.6 is 0 Å². The van der Waals surface area contributed by atoms with Crippen LogP contribution in [-0.4, -0.2) is 22.3 Å². The second-order valence-electron chi connectivity index (χ2n) is 12.2. The highest BCUT2D eigenvalue weighted by atomic mass is 16.4. The van der Waals surface area contributed by atoms with Gasteiger partial charge in [0, 0.05) is 7.79 Å². The molecule has 172 valence electrons. The van der Waals surface area contributed by atoms with Crippen LogP contribution in [0.2, 0.25) is 0 Å². The Morgan fingerprint density at radius 1 is 1.13 bits per heavy atom. The van der Waals surface area contributed by atoms with E-state index < -0.39 is 18.4 Å². The van der Waals surface area contributed by atoms with E-state index in [2.05, 4.69) is 27.7 Å². The molecule has 4 aliphatic carbocycles. The van der Waals surface area contributed by atoms with Crippen LogP contribution < -0.4 is 0 Å². The number of carboxylic acids is 1. The van der Waals surface area contributed by atoms with Crippen LogP contribution in [0.5, 0.6) is 0 Å². The number of carbonyl (C=O) groups is 1. The van der Waals surface area contributed by atoms with Crippen LogP contribution in [0.4, 0.5) is 0 Å². The molecule has 0 saturated heterocycles. The van der Waals surface area contributed by atoms with Crippen LogP contribution in [0.15, 0.2) is 0 Å². The minimum atomic E-state index is -1.54. The first-order valence-corrected chi connectivity index (χ1v) is 12.7. The Hall–Kier alpha value is -0.570. The first-order chi connectivity index (χ1) is 14.8. The predicted molar refractivity (Wildman–Crippen MR) is 121 cm³/mol. The third kappa shape index (κ3) is 3.37. The minimum Gasteiger partial charge on any atom is -0.481 e. The van der Waals surface area contributed by atoms with Crippen molar-refractivity contribution in [2.75, 3.05) is 0 Å². The second kappa shape index (κ2) is 8.09. The third-order valence-corrected chi connectivity index (χ3v) is 10.8. The Kier molecular flexibility index (Phi) is 5.41. The van der Waals surface area contributed by atoms with Crippen molar-refractivity contribution in [1.29, 1.82) is 0 Å². The topological polar surface area (TPSA) is 57.5 Å². The molecule has 0 spiro atoms. The van der Waals surface area contributed by atoms with Crippen LogP contribution in [0.3, 0.4) is 0 Å². The normalized spacial score (nSPS) is 56.0. The van der Waals surface area contributed by atoms with E-state index in [1.54, 1.807) is 0 Å². The van der Waals surface area contributed by atoms with Crippen molar-refractivity contribution in [3.63, 3.8) is 0 Å². The minimum absolute atomic E-state index is 0.0645. The Bertz CT molecular complexity index is 724. The average molecular weight is 421 g/mol. The van der Waals surface area contributed by atoms with Gasteiger partial charge in [-0.2, -0.15) is 0 Å². The molecule has 0 amide bonds. The average Bonchev–Trinajstić information content (AvgIpc) is 3.04. The van der Waals surface area contributed by atoms with Gasteiger partial charge in [0.25, 0.3) is 0 Å². The maximum absolute atomic E-state index is 12.0. The van der Waals surface area contributed by atoms with Gasteiger partial charge in [0.15, 0.2) is 0 Å². The zero-order valence-electron chi connectivity index (χ0n) is 21.9. The summed E-state index contributed by atoms with van der Waals surface area (Å²) in [6, 6.07) is 0. The Morgan fingerprint density at radius 3 is 2.47 bits per heavy atom.